The maximum Gasteiger partial charge on any atom is 0.351 e. The number of nitrogen functional groups attached to an aromatic ring is 1. The molecule has 28 heavy (non-hydrogen) atoms. The molecule has 10 nitrogen and oxygen atoms in total. The molecule has 0 spiro atoms. The van der Waals surface area contributed by atoms with Crippen molar-refractivity contribution in [2.75, 3.05) is 5.73 Å². The van der Waals surface area contributed by atoms with E-state index in [0.717, 1.165) is 15.7 Å². The van der Waals surface area contributed by atoms with Gasteiger partial charge in [-0.1, -0.05) is 24.3 Å². The normalized spacial score (nSPS) is 31.5. The fourth-order valence-corrected chi connectivity index (χ4v) is 3.71. The van der Waals surface area contributed by atoms with Crippen LogP contribution in [0.15, 0.2) is 41.3 Å². The van der Waals surface area contributed by atoms with E-state index in [1.165, 1.54) is 12.3 Å². The zero-order valence-electron chi connectivity index (χ0n) is 14.7. The molecule has 0 radical (unpaired) electrons. The summed E-state index contributed by atoms with van der Waals surface area (Å²) in [4.78, 5) is 28.2. The molecule has 1 fully saturated rings. The van der Waals surface area contributed by atoms with Crippen molar-refractivity contribution in [3.63, 3.8) is 0 Å². The summed E-state index contributed by atoms with van der Waals surface area (Å²) in [5.74, 6) is -0.705. The van der Waals surface area contributed by atoms with Gasteiger partial charge in [-0.15, -0.1) is 0 Å². The first kappa shape index (κ1) is 18.6. The molecular formula is C18H20N4O6. The van der Waals surface area contributed by atoms with Crippen LogP contribution in [0.2, 0.25) is 0 Å². The second-order valence-corrected chi connectivity index (χ2v) is 6.93. The monoisotopic (exact) mass is 388 g/mol. The lowest BCUT2D eigenvalue weighted by atomic mass is 10.1. The Morgan fingerprint density at radius 1 is 1.21 bits per heavy atom. The highest BCUT2D eigenvalue weighted by Gasteiger charge is 2.48. The summed E-state index contributed by atoms with van der Waals surface area (Å²) < 4.78 is 6.43. The van der Waals surface area contributed by atoms with E-state index in [4.69, 9.17) is 10.5 Å². The van der Waals surface area contributed by atoms with Crippen molar-refractivity contribution in [3.8, 4) is 0 Å². The summed E-state index contributed by atoms with van der Waals surface area (Å²) in [6.45, 7) is 0. The fraction of sp³-hybridized carbons (Fsp3) is 0.389. The number of aliphatic hydroxyl groups is 3. The van der Waals surface area contributed by atoms with E-state index in [-0.39, 0.29) is 5.82 Å². The minimum absolute atomic E-state index is 0.00235. The minimum atomic E-state index is -1.57. The van der Waals surface area contributed by atoms with Gasteiger partial charge in [-0.25, -0.2) is 4.79 Å². The van der Waals surface area contributed by atoms with E-state index in [9.17, 15) is 24.9 Å². The number of fused-ring (bicyclic) bond motifs is 1. The zero-order chi connectivity index (χ0) is 20.0. The predicted octanol–water partition coefficient (Wildman–Crippen LogP) is -1.78. The summed E-state index contributed by atoms with van der Waals surface area (Å²) in [6.07, 6.45) is -4.97. The molecule has 1 aliphatic heterocycles. The van der Waals surface area contributed by atoms with E-state index in [1.807, 2.05) is 12.1 Å². The first-order valence-corrected chi connectivity index (χ1v) is 8.79. The average Bonchev–Trinajstić information content (AvgIpc) is 3.13. The van der Waals surface area contributed by atoms with Gasteiger partial charge >= 0.3 is 5.69 Å². The number of anilines is 1. The molecule has 4 rings (SSSR count). The van der Waals surface area contributed by atoms with Crippen LogP contribution in [0.5, 0.6) is 0 Å². The van der Waals surface area contributed by atoms with Crippen LogP contribution in [0.3, 0.4) is 0 Å². The second-order valence-electron chi connectivity index (χ2n) is 6.93. The van der Waals surface area contributed by atoms with E-state index < -0.39 is 48.3 Å². The summed E-state index contributed by atoms with van der Waals surface area (Å²) in [5, 5.41) is 33.5. The number of ether oxygens (including phenoxy) is 1. The van der Waals surface area contributed by atoms with Crippen molar-refractivity contribution >= 4 is 11.7 Å². The molecule has 6 N–H and O–H groups in total. The van der Waals surface area contributed by atoms with Gasteiger partial charge in [0.2, 0.25) is 0 Å². The number of rotatable bonds is 3. The molecular weight excluding hydrogens is 368 g/mol. The lowest BCUT2D eigenvalue weighted by molar-refractivity contribution is -0.139. The Hall–Kier alpha value is -2.79. The number of amides is 1. The molecule has 2 heterocycles. The maximum absolute atomic E-state index is 12.7. The highest BCUT2D eigenvalue weighted by Crippen LogP contribution is 2.33. The molecule has 1 aliphatic carbocycles. The Morgan fingerprint density at radius 2 is 1.96 bits per heavy atom. The third kappa shape index (κ3) is 3.06. The minimum Gasteiger partial charge on any atom is -0.390 e. The molecule has 2 aromatic rings. The summed E-state index contributed by atoms with van der Waals surface area (Å²) >= 11 is 0. The van der Waals surface area contributed by atoms with E-state index in [1.54, 1.807) is 12.1 Å². The van der Waals surface area contributed by atoms with Crippen LogP contribution in [0.25, 0.3) is 0 Å². The molecule has 1 aromatic carbocycles. The lowest BCUT2D eigenvalue weighted by Crippen LogP contribution is -2.45. The second kappa shape index (κ2) is 6.99. The van der Waals surface area contributed by atoms with Crippen molar-refractivity contribution in [2.24, 2.45) is 0 Å². The highest BCUT2D eigenvalue weighted by molar-refractivity contribution is 5.82. The number of nitrogens with one attached hydrogen (secondary N) is 1. The first-order valence-electron chi connectivity index (χ1n) is 8.79. The fourth-order valence-electron chi connectivity index (χ4n) is 3.71. The number of hydrogen-bond donors (Lipinski definition) is 5. The van der Waals surface area contributed by atoms with Crippen molar-refractivity contribution in [1.82, 2.24) is 14.9 Å². The van der Waals surface area contributed by atoms with Gasteiger partial charge in [0, 0.05) is 12.6 Å². The van der Waals surface area contributed by atoms with Crippen molar-refractivity contribution in [3.05, 3.63) is 58.1 Å². The number of carbonyl (C=O) groups excluding carboxylic acids is 1. The van der Waals surface area contributed by atoms with Crippen LogP contribution in [0.4, 0.5) is 5.82 Å². The van der Waals surface area contributed by atoms with Gasteiger partial charge in [-0.05, 0) is 17.2 Å². The number of aromatic nitrogens is 2. The Morgan fingerprint density at radius 3 is 2.71 bits per heavy atom. The summed E-state index contributed by atoms with van der Waals surface area (Å²) in [6, 6.07) is 8.00. The number of hydrogen-bond acceptors (Lipinski definition) is 8. The van der Waals surface area contributed by atoms with E-state index in [2.05, 4.69) is 10.3 Å². The van der Waals surface area contributed by atoms with Crippen LogP contribution in [0.1, 0.15) is 23.4 Å². The lowest BCUT2D eigenvalue weighted by Gasteiger charge is -2.21. The van der Waals surface area contributed by atoms with Gasteiger partial charge in [-0.3, -0.25) is 9.36 Å². The third-order valence-corrected chi connectivity index (χ3v) is 5.12. The average molecular weight is 388 g/mol. The van der Waals surface area contributed by atoms with Crippen LogP contribution < -0.4 is 16.7 Å². The quantitative estimate of drug-likeness (QED) is 0.412. The predicted molar refractivity (Wildman–Crippen MR) is 95.9 cm³/mol. The number of carbonyl (C=O) groups is 1. The highest BCUT2D eigenvalue weighted by atomic mass is 16.6. The largest absolute Gasteiger partial charge is 0.390 e. The SMILES string of the molecule is Nc1ccn([C@@H]2O[C@H](C(=O)N[C@H]3c4ccccc4C[C@H]3O)[C@@H](O)[C@H]2O)c(=O)n1. The maximum atomic E-state index is 12.7. The molecule has 1 amide bonds. The molecule has 10 heteroatoms. The number of aliphatic hydroxyl groups excluding tert-OH is 3. The molecule has 148 valence electrons. The van der Waals surface area contributed by atoms with Gasteiger partial charge in [0.1, 0.15) is 18.0 Å². The van der Waals surface area contributed by atoms with Crippen LogP contribution >= 0.6 is 0 Å². The number of nitrogens with zero attached hydrogens (tertiary/aromatic N) is 2. The van der Waals surface area contributed by atoms with Crippen molar-refractivity contribution in [2.45, 2.75) is 43.1 Å². The van der Waals surface area contributed by atoms with Gasteiger partial charge in [0.05, 0.1) is 12.1 Å². The topological polar surface area (TPSA) is 160 Å². The van der Waals surface area contributed by atoms with E-state index >= 15 is 0 Å². The molecule has 1 aromatic heterocycles. The van der Waals surface area contributed by atoms with Gasteiger partial charge in [0.25, 0.3) is 5.91 Å². The molecule has 1 saturated heterocycles. The van der Waals surface area contributed by atoms with Crippen LogP contribution in [-0.2, 0) is 16.0 Å². The first-order chi connectivity index (χ1) is 13.4. The van der Waals surface area contributed by atoms with Crippen molar-refractivity contribution < 1.29 is 24.9 Å². The molecule has 6 atom stereocenters. The summed E-state index contributed by atoms with van der Waals surface area (Å²) in [7, 11) is 0. The Labute approximate surface area is 159 Å². The number of nitrogens with two attached hydrogens (primary N) is 1. The van der Waals surface area contributed by atoms with Gasteiger partial charge in [0.15, 0.2) is 12.3 Å². The van der Waals surface area contributed by atoms with E-state index in [0.29, 0.717) is 6.42 Å². The standard InChI is InChI=1S/C18H20N4O6/c19-11-5-6-22(18(27)20-11)17-14(25)13(24)15(28-17)16(26)21-12-9-4-2-1-3-8(9)7-10(12)23/h1-6,10,12-15,17,23-25H,7H2,(H,21,26)(H2,19,20,27)/t10-,12+,13+,14-,15+,17-/m1/s1. The number of benzene rings is 1. The van der Waals surface area contributed by atoms with Gasteiger partial charge < -0.3 is 31.1 Å². The summed E-state index contributed by atoms with van der Waals surface area (Å²) in [5.41, 5.74) is 6.37. The molecule has 0 unspecified atom stereocenters. The smallest absolute Gasteiger partial charge is 0.351 e. The molecule has 0 bridgehead atoms. The zero-order valence-corrected chi connectivity index (χ0v) is 14.7. The molecule has 0 saturated carbocycles. The van der Waals surface area contributed by atoms with Crippen molar-refractivity contribution in [1.29, 1.82) is 0 Å². The van der Waals surface area contributed by atoms with Gasteiger partial charge in [-0.2, -0.15) is 4.98 Å². The molecule has 2 aliphatic rings. The Bertz CT molecular complexity index is 963. The van der Waals surface area contributed by atoms with Crippen LogP contribution in [-0.4, -0.2) is 55.2 Å². The Balaban J connectivity index is 1.53. The third-order valence-electron chi connectivity index (χ3n) is 5.12. The van der Waals surface area contributed by atoms with Crippen LogP contribution in [0, 0.1) is 0 Å². The Kier molecular flexibility index (Phi) is 4.63.